The van der Waals surface area contributed by atoms with E-state index in [1.807, 2.05) is 47.6 Å². The summed E-state index contributed by atoms with van der Waals surface area (Å²) in [6.45, 7) is 12.4. The Morgan fingerprint density at radius 3 is 2.09 bits per heavy atom. The molecular formula is C17H29N3O2. The topological polar surface area (TPSA) is 89.1 Å². The van der Waals surface area contributed by atoms with Crippen LogP contribution in [0.15, 0.2) is 24.3 Å². The van der Waals surface area contributed by atoms with Gasteiger partial charge in [0.05, 0.1) is 5.52 Å². The number of para-hydroxylation sites is 1. The molecule has 2 rings (SSSR count). The minimum atomic E-state index is -1.04. The molecule has 0 bridgehead atoms. The Morgan fingerprint density at radius 2 is 1.59 bits per heavy atom. The van der Waals surface area contributed by atoms with E-state index < -0.39 is 5.97 Å². The first-order valence-corrected chi connectivity index (χ1v) is 7.91. The van der Waals surface area contributed by atoms with Crippen molar-refractivity contribution in [3.8, 4) is 0 Å². The van der Waals surface area contributed by atoms with E-state index in [1.54, 1.807) is 18.2 Å². The highest BCUT2D eigenvalue weighted by molar-refractivity contribution is 6.00. The number of rotatable bonds is 3. The SMILES string of the molecule is CC.CC.CC.NCCc1nc(C(=O)O)c2ccccc2n1. The Labute approximate surface area is 133 Å². The fraction of sp³-hybridized carbons (Fsp3) is 0.471. The third-order valence-corrected chi connectivity index (χ3v) is 2.22. The Hall–Kier alpha value is -2.01. The Bertz CT molecular complexity index is 542. The monoisotopic (exact) mass is 307 g/mol. The zero-order valence-corrected chi connectivity index (χ0v) is 14.6. The standard InChI is InChI=1S/C11H11N3O2.3C2H6/c12-6-5-9-13-8-4-2-1-3-7(8)10(14-9)11(15)16;3*1-2/h1-4H,5-6,12H2,(H,15,16);3*1-2H3. The third kappa shape index (κ3) is 6.63. The van der Waals surface area contributed by atoms with Gasteiger partial charge in [0, 0.05) is 11.8 Å². The van der Waals surface area contributed by atoms with Crippen molar-refractivity contribution in [3.63, 3.8) is 0 Å². The lowest BCUT2D eigenvalue weighted by atomic mass is 10.2. The normalized spacial score (nSPS) is 8.50. The average Bonchev–Trinajstić information content (AvgIpc) is 2.60. The van der Waals surface area contributed by atoms with E-state index in [2.05, 4.69) is 9.97 Å². The Kier molecular flexibility index (Phi) is 14.1. The first-order valence-electron chi connectivity index (χ1n) is 7.91. The minimum Gasteiger partial charge on any atom is -0.476 e. The predicted molar refractivity (Wildman–Crippen MR) is 93.3 cm³/mol. The molecule has 22 heavy (non-hydrogen) atoms. The number of carbonyl (C=O) groups is 1. The van der Waals surface area contributed by atoms with E-state index in [0.717, 1.165) is 0 Å². The average molecular weight is 307 g/mol. The molecule has 0 saturated heterocycles. The summed E-state index contributed by atoms with van der Waals surface area (Å²) in [5, 5.41) is 9.61. The second-order valence-corrected chi connectivity index (χ2v) is 3.35. The molecule has 0 aliphatic carbocycles. The first-order chi connectivity index (χ1) is 10.7. The van der Waals surface area contributed by atoms with Crippen LogP contribution in [0.5, 0.6) is 0 Å². The predicted octanol–water partition coefficient (Wildman–Crippen LogP) is 3.91. The van der Waals surface area contributed by atoms with Gasteiger partial charge in [-0.25, -0.2) is 14.8 Å². The van der Waals surface area contributed by atoms with Crippen LogP contribution < -0.4 is 5.73 Å². The van der Waals surface area contributed by atoms with Crippen LogP contribution in [0, 0.1) is 0 Å². The van der Waals surface area contributed by atoms with Crippen LogP contribution in [0.4, 0.5) is 0 Å². The van der Waals surface area contributed by atoms with Crippen LogP contribution in [-0.4, -0.2) is 27.6 Å². The molecule has 3 N–H and O–H groups in total. The molecule has 0 amide bonds. The number of carboxylic acids is 1. The molecule has 0 saturated carbocycles. The minimum absolute atomic E-state index is 0.0362. The maximum absolute atomic E-state index is 11.0. The van der Waals surface area contributed by atoms with Crippen LogP contribution >= 0.6 is 0 Å². The number of nitrogens with two attached hydrogens (primary N) is 1. The number of hydrogen-bond acceptors (Lipinski definition) is 4. The quantitative estimate of drug-likeness (QED) is 0.897. The van der Waals surface area contributed by atoms with Crippen molar-refractivity contribution in [2.45, 2.75) is 48.0 Å². The number of aromatic carboxylic acids is 1. The van der Waals surface area contributed by atoms with E-state index in [9.17, 15) is 4.79 Å². The summed E-state index contributed by atoms with van der Waals surface area (Å²) in [5.74, 6) is -0.574. The number of aromatic nitrogens is 2. The smallest absolute Gasteiger partial charge is 0.355 e. The summed E-state index contributed by atoms with van der Waals surface area (Å²) < 4.78 is 0. The molecule has 5 heteroatoms. The van der Waals surface area contributed by atoms with E-state index in [1.165, 1.54) is 0 Å². The summed E-state index contributed by atoms with van der Waals surface area (Å²) >= 11 is 0. The van der Waals surface area contributed by atoms with E-state index in [4.69, 9.17) is 10.8 Å². The van der Waals surface area contributed by atoms with Crippen LogP contribution in [0.1, 0.15) is 57.9 Å². The van der Waals surface area contributed by atoms with Crippen molar-refractivity contribution >= 4 is 16.9 Å². The summed E-state index contributed by atoms with van der Waals surface area (Å²) in [5.41, 5.74) is 6.08. The van der Waals surface area contributed by atoms with Gasteiger partial charge in [-0.1, -0.05) is 59.7 Å². The number of fused-ring (bicyclic) bond motifs is 1. The maximum Gasteiger partial charge on any atom is 0.355 e. The van der Waals surface area contributed by atoms with Crippen molar-refractivity contribution in [2.75, 3.05) is 6.54 Å². The van der Waals surface area contributed by atoms with E-state index in [0.29, 0.717) is 29.7 Å². The first kappa shape index (κ1) is 22.3. The van der Waals surface area contributed by atoms with Gasteiger partial charge in [0.1, 0.15) is 5.82 Å². The summed E-state index contributed by atoms with van der Waals surface area (Å²) in [6.07, 6.45) is 0.477. The second kappa shape index (κ2) is 13.9. The zero-order chi connectivity index (χ0) is 17.5. The van der Waals surface area contributed by atoms with Crippen LogP contribution in [0.3, 0.4) is 0 Å². The molecule has 2 aromatic rings. The molecule has 0 radical (unpaired) electrons. The molecule has 0 spiro atoms. The van der Waals surface area contributed by atoms with Gasteiger partial charge in [-0.2, -0.15) is 0 Å². The van der Waals surface area contributed by atoms with Gasteiger partial charge >= 0.3 is 5.97 Å². The number of nitrogens with zero attached hydrogens (tertiary/aromatic N) is 2. The molecule has 1 aromatic carbocycles. The zero-order valence-electron chi connectivity index (χ0n) is 14.6. The van der Waals surface area contributed by atoms with Crippen LogP contribution in [-0.2, 0) is 6.42 Å². The van der Waals surface area contributed by atoms with Gasteiger partial charge in [0.25, 0.3) is 0 Å². The fourth-order valence-corrected chi connectivity index (χ4v) is 1.53. The summed E-state index contributed by atoms with van der Waals surface area (Å²) in [7, 11) is 0. The largest absolute Gasteiger partial charge is 0.476 e. The Balaban J connectivity index is 0. The van der Waals surface area contributed by atoms with Crippen molar-refractivity contribution < 1.29 is 9.90 Å². The second-order valence-electron chi connectivity index (χ2n) is 3.35. The van der Waals surface area contributed by atoms with Gasteiger partial charge in [0.2, 0.25) is 0 Å². The highest BCUT2D eigenvalue weighted by Crippen LogP contribution is 2.15. The lowest BCUT2D eigenvalue weighted by Gasteiger charge is -2.04. The molecule has 124 valence electrons. The number of benzene rings is 1. The Morgan fingerprint density at radius 1 is 1.05 bits per heavy atom. The molecule has 0 aliphatic heterocycles. The maximum atomic E-state index is 11.0. The molecule has 5 nitrogen and oxygen atoms in total. The van der Waals surface area contributed by atoms with Crippen molar-refractivity contribution in [2.24, 2.45) is 5.73 Å². The van der Waals surface area contributed by atoms with Crippen molar-refractivity contribution in [3.05, 3.63) is 35.8 Å². The third-order valence-electron chi connectivity index (χ3n) is 2.22. The van der Waals surface area contributed by atoms with E-state index >= 15 is 0 Å². The van der Waals surface area contributed by atoms with Gasteiger partial charge in [-0.15, -0.1) is 0 Å². The van der Waals surface area contributed by atoms with Gasteiger partial charge in [-0.3, -0.25) is 0 Å². The number of hydrogen-bond donors (Lipinski definition) is 2. The van der Waals surface area contributed by atoms with Crippen molar-refractivity contribution in [1.29, 1.82) is 0 Å². The molecule has 1 aromatic heterocycles. The van der Waals surface area contributed by atoms with Crippen molar-refractivity contribution in [1.82, 2.24) is 9.97 Å². The fourth-order valence-electron chi connectivity index (χ4n) is 1.53. The number of carboxylic acid groups (broad SMARTS) is 1. The molecule has 0 fully saturated rings. The molecule has 1 heterocycles. The highest BCUT2D eigenvalue weighted by Gasteiger charge is 2.12. The van der Waals surface area contributed by atoms with Gasteiger partial charge in [0.15, 0.2) is 5.69 Å². The van der Waals surface area contributed by atoms with Gasteiger partial charge < -0.3 is 10.8 Å². The lowest BCUT2D eigenvalue weighted by molar-refractivity contribution is 0.0692. The van der Waals surface area contributed by atoms with Crippen LogP contribution in [0.2, 0.25) is 0 Å². The van der Waals surface area contributed by atoms with E-state index in [-0.39, 0.29) is 5.69 Å². The van der Waals surface area contributed by atoms with Gasteiger partial charge in [-0.05, 0) is 12.6 Å². The van der Waals surface area contributed by atoms with Crippen LogP contribution in [0.25, 0.3) is 10.9 Å². The molecule has 0 unspecified atom stereocenters. The molecular weight excluding hydrogens is 278 g/mol. The molecule has 0 aliphatic rings. The highest BCUT2D eigenvalue weighted by atomic mass is 16.4. The summed E-state index contributed by atoms with van der Waals surface area (Å²) in [4.78, 5) is 19.3. The molecule has 0 atom stereocenters. The lowest BCUT2D eigenvalue weighted by Crippen LogP contribution is -2.11. The summed E-state index contributed by atoms with van der Waals surface area (Å²) in [6, 6.07) is 7.04.